The minimum Gasteiger partial charge on any atom is -0.345 e. The summed E-state index contributed by atoms with van der Waals surface area (Å²) < 4.78 is 5.24. The summed E-state index contributed by atoms with van der Waals surface area (Å²) in [6.07, 6.45) is 6.21. The molecule has 31 heavy (non-hydrogen) atoms. The molecule has 0 spiro atoms. The summed E-state index contributed by atoms with van der Waals surface area (Å²) in [6, 6.07) is 12.8. The SMILES string of the molecule is O=C(NCc1ccccc1)NC1(C(=O)NCc2nc(-c3ccncc3)no2)CCCC1. The molecule has 1 aromatic carbocycles. The fourth-order valence-corrected chi connectivity index (χ4v) is 3.70. The zero-order valence-electron chi connectivity index (χ0n) is 17.0. The van der Waals surface area contributed by atoms with Gasteiger partial charge in [-0.2, -0.15) is 4.98 Å². The molecule has 0 atom stereocenters. The monoisotopic (exact) mass is 420 g/mol. The number of carbonyl (C=O) groups excluding carboxylic acids is 2. The van der Waals surface area contributed by atoms with Gasteiger partial charge in [-0.1, -0.05) is 48.3 Å². The van der Waals surface area contributed by atoms with Crippen LogP contribution in [-0.2, 0) is 17.9 Å². The zero-order chi connectivity index (χ0) is 21.5. The summed E-state index contributed by atoms with van der Waals surface area (Å²) in [5, 5.41) is 12.5. The maximum Gasteiger partial charge on any atom is 0.315 e. The van der Waals surface area contributed by atoms with Crippen molar-refractivity contribution in [2.75, 3.05) is 0 Å². The molecule has 1 aliphatic carbocycles. The van der Waals surface area contributed by atoms with Crippen LogP contribution in [0, 0.1) is 0 Å². The molecule has 3 aromatic rings. The Balaban J connectivity index is 1.34. The van der Waals surface area contributed by atoms with Crippen molar-refractivity contribution >= 4 is 11.9 Å². The zero-order valence-corrected chi connectivity index (χ0v) is 17.0. The van der Waals surface area contributed by atoms with Crippen LogP contribution in [0.25, 0.3) is 11.4 Å². The van der Waals surface area contributed by atoms with Gasteiger partial charge in [-0.25, -0.2) is 4.79 Å². The summed E-state index contributed by atoms with van der Waals surface area (Å²) in [5.74, 6) is 0.478. The van der Waals surface area contributed by atoms with Crippen molar-refractivity contribution in [3.05, 3.63) is 66.3 Å². The Morgan fingerprint density at radius 1 is 0.968 bits per heavy atom. The van der Waals surface area contributed by atoms with E-state index >= 15 is 0 Å². The number of rotatable bonds is 7. The molecular weight excluding hydrogens is 396 g/mol. The highest BCUT2D eigenvalue weighted by Gasteiger charge is 2.42. The molecule has 3 amide bonds. The molecule has 4 rings (SSSR count). The first-order chi connectivity index (χ1) is 15.1. The Labute approximate surface area is 179 Å². The maximum absolute atomic E-state index is 13.0. The van der Waals surface area contributed by atoms with Crippen molar-refractivity contribution in [2.24, 2.45) is 0 Å². The van der Waals surface area contributed by atoms with E-state index in [-0.39, 0.29) is 18.5 Å². The van der Waals surface area contributed by atoms with Gasteiger partial charge in [-0.05, 0) is 30.5 Å². The number of nitrogens with zero attached hydrogens (tertiary/aromatic N) is 3. The van der Waals surface area contributed by atoms with Crippen molar-refractivity contribution in [2.45, 2.75) is 44.3 Å². The van der Waals surface area contributed by atoms with E-state index in [1.165, 1.54) is 0 Å². The van der Waals surface area contributed by atoms with Gasteiger partial charge >= 0.3 is 6.03 Å². The van der Waals surface area contributed by atoms with Crippen molar-refractivity contribution in [1.29, 1.82) is 0 Å². The molecule has 0 saturated heterocycles. The lowest BCUT2D eigenvalue weighted by Gasteiger charge is -2.28. The minimum absolute atomic E-state index is 0.0893. The number of hydrogen-bond donors (Lipinski definition) is 3. The van der Waals surface area contributed by atoms with Gasteiger partial charge in [0.25, 0.3) is 0 Å². The number of carbonyl (C=O) groups is 2. The summed E-state index contributed by atoms with van der Waals surface area (Å²) >= 11 is 0. The first-order valence-corrected chi connectivity index (χ1v) is 10.3. The van der Waals surface area contributed by atoms with Gasteiger partial charge < -0.3 is 20.5 Å². The molecule has 9 nitrogen and oxygen atoms in total. The normalized spacial score (nSPS) is 14.7. The molecule has 3 N–H and O–H groups in total. The quantitative estimate of drug-likeness (QED) is 0.540. The van der Waals surface area contributed by atoms with Crippen molar-refractivity contribution < 1.29 is 14.1 Å². The lowest BCUT2D eigenvalue weighted by atomic mass is 9.96. The number of benzene rings is 1. The lowest BCUT2D eigenvalue weighted by Crippen LogP contribution is -2.59. The molecule has 0 unspecified atom stereocenters. The van der Waals surface area contributed by atoms with Crippen LogP contribution >= 0.6 is 0 Å². The number of nitrogens with one attached hydrogen (secondary N) is 3. The van der Waals surface area contributed by atoms with Crippen molar-refractivity contribution in [3.63, 3.8) is 0 Å². The van der Waals surface area contributed by atoms with Crippen molar-refractivity contribution in [3.8, 4) is 11.4 Å². The molecule has 1 saturated carbocycles. The van der Waals surface area contributed by atoms with Crippen LogP contribution in [0.1, 0.15) is 37.1 Å². The van der Waals surface area contributed by atoms with Gasteiger partial charge in [0.05, 0.1) is 6.54 Å². The summed E-state index contributed by atoms with van der Waals surface area (Å²) in [7, 11) is 0. The fourth-order valence-electron chi connectivity index (χ4n) is 3.70. The van der Waals surface area contributed by atoms with Crippen LogP contribution in [0.3, 0.4) is 0 Å². The predicted octanol–water partition coefficient (Wildman–Crippen LogP) is 2.56. The molecule has 1 fully saturated rings. The van der Waals surface area contributed by atoms with Gasteiger partial charge in [0, 0.05) is 24.5 Å². The highest BCUT2D eigenvalue weighted by molar-refractivity contribution is 5.91. The second-order valence-corrected chi connectivity index (χ2v) is 7.51. The Hall–Kier alpha value is -3.75. The second kappa shape index (κ2) is 9.38. The third kappa shape index (κ3) is 5.06. The maximum atomic E-state index is 13.0. The van der Waals surface area contributed by atoms with E-state index in [0.717, 1.165) is 24.0 Å². The molecule has 0 radical (unpaired) electrons. The second-order valence-electron chi connectivity index (χ2n) is 7.51. The molecule has 2 aromatic heterocycles. The van der Waals surface area contributed by atoms with Gasteiger partial charge in [-0.3, -0.25) is 9.78 Å². The van der Waals surface area contributed by atoms with E-state index in [0.29, 0.717) is 31.1 Å². The van der Waals surface area contributed by atoms with E-state index in [1.54, 1.807) is 24.5 Å². The average Bonchev–Trinajstić information content (AvgIpc) is 3.48. The van der Waals surface area contributed by atoms with Gasteiger partial charge in [0.15, 0.2) is 0 Å². The predicted molar refractivity (Wildman–Crippen MR) is 112 cm³/mol. The summed E-state index contributed by atoms with van der Waals surface area (Å²) in [6.45, 7) is 0.482. The van der Waals surface area contributed by atoms with Crippen LogP contribution in [0.15, 0.2) is 59.4 Å². The number of aromatic nitrogens is 3. The molecule has 1 aliphatic rings. The first kappa shape index (κ1) is 20.5. The minimum atomic E-state index is -0.936. The molecule has 2 heterocycles. The Morgan fingerprint density at radius 2 is 1.71 bits per heavy atom. The van der Waals surface area contributed by atoms with Gasteiger partial charge in [0.2, 0.25) is 17.6 Å². The van der Waals surface area contributed by atoms with Crippen LogP contribution in [0.2, 0.25) is 0 Å². The highest BCUT2D eigenvalue weighted by atomic mass is 16.5. The smallest absolute Gasteiger partial charge is 0.315 e. The first-order valence-electron chi connectivity index (χ1n) is 10.3. The average molecular weight is 420 g/mol. The molecule has 0 aliphatic heterocycles. The van der Waals surface area contributed by atoms with E-state index < -0.39 is 5.54 Å². The highest BCUT2D eigenvalue weighted by Crippen LogP contribution is 2.30. The van der Waals surface area contributed by atoms with Crippen molar-refractivity contribution in [1.82, 2.24) is 31.1 Å². The van der Waals surface area contributed by atoms with E-state index in [9.17, 15) is 9.59 Å². The van der Waals surface area contributed by atoms with E-state index in [1.807, 2.05) is 30.3 Å². The van der Waals surface area contributed by atoms with Crippen LogP contribution in [0.5, 0.6) is 0 Å². The molecule has 9 heteroatoms. The molecule has 160 valence electrons. The molecular formula is C22H24N6O3. The number of urea groups is 1. The van der Waals surface area contributed by atoms with E-state index in [4.69, 9.17) is 4.52 Å². The Bertz CT molecular complexity index is 1020. The van der Waals surface area contributed by atoms with E-state index in [2.05, 4.69) is 31.1 Å². The molecule has 0 bridgehead atoms. The number of hydrogen-bond acceptors (Lipinski definition) is 6. The largest absolute Gasteiger partial charge is 0.345 e. The number of amides is 3. The fraction of sp³-hybridized carbons (Fsp3) is 0.318. The van der Waals surface area contributed by atoms with Gasteiger partial charge in [-0.15, -0.1) is 0 Å². The Morgan fingerprint density at radius 3 is 2.45 bits per heavy atom. The van der Waals surface area contributed by atoms with Crippen LogP contribution in [-0.4, -0.2) is 32.6 Å². The van der Waals surface area contributed by atoms with Crippen LogP contribution in [0.4, 0.5) is 4.79 Å². The standard InChI is InChI=1S/C22H24N6O3/c29-20(24-15-18-26-19(28-31-18)17-8-12-23-13-9-17)22(10-4-5-11-22)27-21(30)25-14-16-6-2-1-3-7-16/h1-3,6-9,12-13H,4-5,10-11,14-15H2,(H,24,29)(H2,25,27,30). The Kier molecular flexibility index (Phi) is 6.21. The number of pyridine rings is 1. The van der Waals surface area contributed by atoms with Crippen LogP contribution < -0.4 is 16.0 Å². The van der Waals surface area contributed by atoms with Gasteiger partial charge in [0.1, 0.15) is 5.54 Å². The summed E-state index contributed by atoms with van der Waals surface area (Å²) in [5.41, 5.74) is 0.832. The third-order valence-corrected chi connectivity index (χ3v) is 5.35. The lowest BCUT2D eigenvalue weighted by molar-refractivity contribution is -0.127. The third-order valence-electron chi connectivity index (χ3n) is 5.35. The summed E-state index contributed by atoms with van der Waals surface area (Å²) in [4.78, 5) is 33.7. The topological polar surface area (TPSA) is 122 Å².